The van der Waals surface area contributed by atoms with Crippen molar-refractivity contribution in [2.45, 2.75) is 58.4 Å². The van der Waals surface area contributed by atoms with Crippen molar-refractivity contribution in [3.05, 3.63) is 0 Å². The van der Waals surface area contributed by atoms with Gasteiger partial charge in [0.05, 0.1) is 13.2 Å². The van der Waals surface area contributed by atoms with Gasteiger partial charge in [0.25, 0.3) is 0 Å². The Balaban J connectivity index is 4.10. The Bertz CT molecular complexity index is 336. The molecule has 0 aliphatic rings. The van der Waals surface area contributed by atoms with E-state index >= 15 is 0 Å². The molecule has 0 radical (unpaired) electrons. The number of rotatable bonds is 11. The molecule has 0 aromatic rings. The number of carbonyl (C=O) groups excluding carboxylic acids is 3. The number of hydrogen-bond donors (Lipinski definition) is 0. The fraction of sp³-hybridized carbons (Fsp3) is 0.786. The molecule has 0 aromatic heterocycles. The summed E-state index contributed by atoms with van der Waals surface area (Å²) in [4.78, 5) is 36.7. The van der Waals surface area contributed by atoms with E-state index in [2.05, 4.69) is 4.99 Å². The fourth-order valence-electron chi connectivity index (χ4n) is 1.37. The largest absolute Gasteiger partial charge is 0.466 e. The maximum atomic E-state index is 11.6. The van der Waals surface area contributed by atoms with E-state index in [1.54, 1.807) is 0 Å². The van der Waals surface area contributed by atoms with Crippen LogP contribution in [0, 0.1) is 0 Å². The molecule has 0 saturated heterocycles. The van der Waals surface area contributed by atoms with Gasteiger partial charge in [-0.3, -0.25) is 4.79 Å². The van der Waals surface area contributed by atoms with Gasteiger partial charge in [-0.25, -0.2) is 9.59 Å². The first-order valence-corrected chi connectivity index (χ1v) is 7.04. The smallest absolute Gasteiger partial charge is 0.331 e. The summed E-state index contributed by atoms with van der Waals surface area (Å²) < 4.78 is 9.92. The molecule has 20 heavy (non-hydrogen) atoms. The lowest BCUT2D eigenvalue weighted by Gasteiger charge is -2.10. The van der Waals surface area contributed by atoms with E-state index in [1.807, 2.05) is 13.8 Å². The number of isocyanates is 1. The van der Waals surface area contributed by atoms with Crippen LogP contribution in [0.1, 0.15) is 52.4 Å². The van der Waals surface area contributed by atoms with Gasteiger partial charge < -0.3 is 9.47 Å². The minimum Gasteiger partial charge on any atom is -0.466 e. The van der Waals surface area contributed by atoms with Crippen molar-refractivity contribution in [3.8, 4) is 0 Å². The molecule has 0 saturated carbocycles. The van der Waals surface area contributed by atoms with E-state index in [0.717, 1.165) is 25.7 Å². The Hall–Kier alpha value is -1.68. The molecule has 114 valence electrons. The molecule has 1 atom stereocenters. The number of unbranched alkanes of at least 4 members (excludes halogenated alkanes) is 2. The fourth-order valence-corrected chi connectivity index (χ4v) is 1.37. The van der Waals surface area contributed by atoms with Gasteiger partial charge in [0.2, 0.25) is 6.08 Å². The Kier molecular flexibility index (Phi) is 11.3. The monoisotopic (exact) mass is 285 g/mol. The molecular formula is C14H23NO5. The molecule has 0 fully saturated rings. The minimum absolute atomic E-state index is 0.0302. The Morgan fingerprint density at radius 3 is 2.25 bits per heavy atom. The predicted octanol–water partition coefficient (Wildman–Crippen LogP) is 2.16. The molecule has 0 aromatic carbocycles. The maximum absolute atomic E-state index is 11.6. The van der Waals surface area contributed by atoms with E-state index < -0.39 is 18.0 Å². The molecule has 0 aliphatic carbocycles. The van der Waals surface area contributed by atoms with Gasteiger partial charge in [0, 0.05) is 6.42 Å². The van der Waals surface area contributed by atoms with Gasteiger partial charge in [-0.2, -0.15) is 4.99 Å². The van der Waals surface area contributed by atoms with Gasteiger partial charge in [-0.15, -0.1) is 0 Å². The van der Waals surface area contributed by atoms with E-state index in [-0.39, 0.29) is 12.8 Å². The molecule has 0 amide bonds. The summed E-state index contributed by atoms with van der Waals surface area (Å²) in [6, 6.07) is -0.969. The average Bonchev–Trinajstić information content (AvgIpc) is 2.43. The summed E-state index contributed by atoms with van der Waals surface area (Å²) in [6.45, 7) is 4.63. The van der Waals surface area contributed by atoms with Crippen LogP contribution in [0.5, 0.6) is 0 Å². The predicted molar refractivity (Wildman–Crippen MR) is 72.9 cm³/mol. The second-order valence-electron chi connectivity index (χ2n) is 4.37. The summed E-state index contributed by atoms with van der Waals surface area (Å²) in [5, 5.41) is 0. The summed E-state index contributed by atoms with van der Waals surface area (Å²) in [7, 11) is 0. The highest BCUT2D eigenvalue weighted by molar-refractivity contribution is 5.78. The SMILES string of the molecule is CCCCOC(=O)CC[C@H](N=C=O)C(=O)OCCCC. The lowest BCUT2D eigenvalue weighted by molar-refractivity contribution is -0.146. The molecule has 0 unspecified atom stereocenters. The van der Waals surface area contributed by atoms with Crippen LogP contribution in [0.15, 0.2) is 4.99 Å². The van der Waals surface area contributed by atoms with Crippen molar-refractivity contribution in [2.24, 2.45) is 4.99 Å². The van der Waals surface area contributed by atoms with E-state index in [4.69, 9.17) is 9.47 Å². The lowest BCUT2D eigenvalue weighted by atomic mass is 10.1. The van der Waals surface area contributed by atoms with Crippen LogP contribution in [0.4, 0.5) is 0 Å². The van der Waals surface area contributed by atoms with Crippen molar-refractivity contribution in [3.63, 3.8) is 0 Å². The van der Waals surface area contributed by atoms with Crippen LogP contribution in [-0.2, 0) is 23.9 Å². The number of nitrogens with zero attached hydrogens (tertiary/aromatic N) is 1. The zero-order valence-corrected chi connectivity index (χ0v) is 12.2. The number of esters is 2. The van der Waals surface area contributed by atoms with E-state index in [9.17, 15) is 14.4 Å². The number of hydrogen-bond acceptors (Lipinski definition) is 6. The Morgan fingerprint density at radius 2 is 1.70 bits per heavy atom. The van der Waals surface area contributed by atoms with Gasteiger partial charge in [0.1, 0.15) is 0 Å². The zero-order chi connectivity index (χ0) is 15.2. The van der Waals surface area contributed by atoms with Gasteiger partial charge >= 0.3 is 11.9 Å². The van der Waals surface area contributed by atoms with Crippen LogP contribution in [-0.4, -0.2) is 37.3 Å². The maximum Gasteiger partial charge on any atom is 0.331 e. The van der Waals surface area contributed by atoms with Gasteiger partial charge in [-0.1, -0.05) is 26.7 Å². The zero-order valence-electron chi connectivity index (χ0n) is 12.2. The van der Waals surface area contributed by atoms with Crippen molar-refractivity contribution in [1.82, 2.24) is 0 Å². The average molecular weight is 285 g/mol. The van der Waals surface area contributed by atoms with E-state index in [0.29, 0.717) is 13.2 Å². The topological polar surface area (TPSA) is 82.0 Å². The van der Waals surface area contributed by atoms with Gasteiger partial charge in [0.15, 0.2) is 6.04 Å². The highest BCUT2D eigenvalue weighted by atomic mass is 16.5. The van der Waals surface area contributed by atoms with Crippen LogP contribution in [0.25, 0.3) is 0 Å². The molecule has 0 bridgehead atoms. The molecule has 6 nitrogen and oxygen atoms in total. The number of aliphatic imine (C=N–C) groups is 1. The second-order valence-corrected chi connectivity index (χ2v) is 4.37. The second kappa shape index (κ2) is 12.4. The summed E-state index contributed by atoms with van der Waals surface area (Å²) in [5.41, 5.74) is 0. The first kappa shape index (κ1) is 18.3. The quantitative estimate of drug-likeness (QED) is 0.251. The van der Waals surface area contributed by atoms with Crippen molar-refractivity contribution in [1.29, 1.82) is 0 Å². The van der Waals surface area contributed by atoms with Crippen LogP contribution in [0.3, 0.4) is 0 Å². The highest BCUT2D eigenvalue weighted by Gasteiger charge is 2.20. The van der Waals surface area contributed by atoms with Crippen LogP contribution < -0.4 is 0 Å². The Labute approximate surface area is 119 Å². The van der Waals surface area contributed by atoms with Gasteiger partial charge in [-0.05, 0) is 19.3 Å². The molecule has 0 aliphatic heterocycles. The Morgan fingerprint density at radius 1 is 1.10 bits per heavy atom. The third-order valence-corrected chi connectivity index (χ3v) is 2.61. The third-order valence-electron chi connectivity index (χ3n) is 2.61. The molecule has 0 N–H and O–H groups in total. The molecular weight excluding hydrogens is 262 g/mol. The summed E-state index contributed by atoms with van der Waals surface area (Å²) in [6.07, 6.45) is 4.87. The number of ether oxygens (including phenoxy) is 2. The standard InChI is InChI=1S/C14H23NO5/c1-3-5-9-19-13(17)8-7-12(15-11-16)14(18)20-10-6-4-2/h12H,3-10H2,1-2H3/t12-/m0/s1. The molecule has 6 heteroatoms. The summed E-state index contributed by atoms with van der Waals surface area (Å²) in [5.74, 6) is -0.992. The first-order chi connectivity index (χ1) is 9.65. The van der Waals surface area contributed by atoms with E-state index in [1.165, 1.54) is 6.08 Å². The van der Waals surface area contributed by atoms with Crippen LogP contribution in [0.2, 0.25) is 0 Å². The first-order valence-electron chi connectivity index (χ1n) is 7.04. The highest BCUT2D eigenvalue weighted by Crippen LogP contribution is 2.06. The van der Waals surface area contributed by atoms with Crippen LogP contribution >= 0.6 is 0 Å². The molecule has 0 spiro atoms. The normalized spacial score (nSPS) is 11.3. The molecule has 0 heterocycles. The van der Waals surface area contributed by atoms with Crippen molar-refractivity contribution < 1.29 is 23.9 Å². The summed E-state index contributed by atoms with van der Waals surface area (Å²) >= 11 is 0. The third kappa shape index (κ3) is 9.28. The minimum atomic E-state index is -0.969. The number of carbonyl (C=O) groups is 2. The van der Waals surface area contributed by atoms with Crippen molar-refractivity contribution in [2.75, 3.05) is 13.2 Å². The lowest BCUT2D eigenvalue weighted by Crippen LogP contribution is -2.23. The van der Waals surface area contributed by atoms with Crippen molar-refractivity contribution >= 4 is 18.0 Å². The molecule has 0 rings (SSSR count).